The van der Waals surface area contributed by atoms with Crippen LogP contribution in [0.4, 0.5) is 0 Å². The summed E-state index contributed by atoms with van der Waals surface area (Å²) in [6, 6.07) is 9.44. The predicted octanol–water partition coefficient (Wildman–Crippen LogP) is 5.66. The van der Waals surface area contributed by atoms with E-state index in [-0.39, 0.29) is 131 Å². The molecule has 10 aliphatic heterocycles. The van der Waals surface area contributed by atoms with Gasteiger partial charge in [-0.25, -0.2) is 0 Å². The molecule has 10 aliphatic rings. The SMILES string of the molecule is C=CCOc1c(C)c2c(c3c1C[C@H]1[C@H]4c5c(cc(C)c(OC)c5OCOC)C[C@@H]([C@H](C#N)N1[C@H]3CC)N4C)OCO2.COc1c(C)cc2c(c1O)[C@@H]1[C@@H]3Cc4c(OC(C)=O)c(C)c5c(c4[C@H](CN4C(=O)c6ccncc6C4=O)N3[C@@H](C#N)[C@H](C2)N1C)OCO5.O=C1[N-]C(=O)c2cnccc21.[K+]. The number of methoxy groups -OCH3 is 3. The topological polar surface area (TPSA) is 302 Å². The standard InChI is InChI=1S/C35H33N5O8.C32H39N3O6.C7H4N2O2.K/c1-15-8-18-9-22-24(11-36)40-23(28(38(22)4)26(18)29(42)30(15)45-5)10-20-27(33-32(46-14-47-33)16(2)31(20)48-17(3)41)25(40)13-39-34(43)19-6-7-37-12-21(19)35(39)44;1-8-10-38-29-18(4)30-32(41-16-40-30)26-20(29)13-23-27-25-19(11-17(3)28(37-7)31(25)39-15-36-6)12-22(34(27)5)24(14-33)35(23)21(26)9-2;10-6-4-1-2-8-3-5(4)7(11)9-6;/h6-8,12,22-25,28,42H,9-10,13-14H2,1-5H3;8,11,21-24,27H,1,9-10,12-13,15-16H2,2-7H3;1-3H,(H,9,10,11);/q;;;+1/p-1/t22-,23-,24-,25-,28-;21-,22-,23-,24-,27-;;/m00../s1. The third-order valence-corrected chi connectivity index (χ3v) is 21.4. The largest absolute Gasteiger partial charge is 1.00 e. The van der Waals surface area contributed by atoms with E-state index in [0.717, 1.165) is 80.5 Å². The summed E-state index contributed by atoms with van der Waals surface area (Å²) in [5.41, 5.74) is 11.8. The molecule has 0 aliphatic carbocycles. The third kappa shape index (κ3) is 11.2. The molecule has 26 nitrogen and oxygen atoms in total. The number of esters is 1. The number of likely N-dealkylation sites (N-methyl/N-ethyl adjacent to an activating group) is 2. The zero-order valence-corrected chi connectivity index (χ0v) is 61.4. The number of phenolic OH excluding ortho intramolecular Hbond substituents is 1. The normalized spacial score (nSPS) is 24.1. The van der Waals surface area contributed by atoms with Gasteiger partial charge in [-0.05, 0) is 108 Å². The number of phenols is 1. The van der Waals surface area contributed by atoms with Gasteiger partial charge in [0.2, 0.25) is 13.6 Å². The van der Waals surface area contributed by atoms with E-state index in [9.17, 15) is 39.6 Å². The van der Waals surface area contributed by atoms with Gasteiger partial charge in [0, 0.05) is 131 Å². The Balaban J connectivity index is 0.000000156. The number of imide groups is 2. The van der Waals surface area contributed by atoms with E-state index in [1.165, 1.54) is 61.4 Å². The van der Waals surface area contributed by atoms with Crippen molar-refractivity contribution in [2.45, 2.75) is 134 Å². The van der Waals surface area contributed by atoms with Crippen LogP contribution in [-0.2, 0) is 35.2 Å². The molecule has 6 aromatic rings. The van der Waals surface area contributed by atoms with Crippen LogP contribution in [0.2, 0.25) is 0 Å². The number of carbonyl (C=O) groups excluding carboxylic acids is 5. The van der Waals surface area contributed by atoms with Crippen LogP contribution in [0.1, 0.15) is 153 Å². The van der Waals surface area contributed by atoms with Crippen molar-refractivity contribution in [1.82, 2.24) is 34.5 Å². The maximum atomic E-state index is 13.8. The fourth-order valence-electron chi connectivity index (χ4n) is 17.5. The average molecular weight is 1400 g/mol. The number of pyridine rings is 2. The van der Waals surface area contributed by atoms with Crippen LogP contribution in [0.5, 0.6) is 57.5 Å². The number of aryl methyl sites for hydroxylation is 2. The van der Waals surface area contributed by atoms with Crippen LogP contribution >= 0.6 is 0 Å². The van der Waals surface area contributed by atoms with Crippen molar-refractivity contribution in [2.24, 2.45) is 0 Å². The summed E-state index contributed by atoms with van der Waals surface area (Å²) in [5.74, 6) is 2.94. The summed E-state index contributed by atoms with van der Waals surface area (Å²) in [6.45, 7) is 15.6. The van der Waals surface area contributed by atoms with E-state index < -0.39 is 53.8 Å². The van der Waals surface area contributed by atoms with Crippen LogP contribution < -0.4 is 94.0 Å². The number of piperazine rings is 2. The van der Waals surface area contributed by atoms with Gasteiger partial charge in [-0.15, -0.1) is 0 Å². The van der Waals surface area contributed by atoms with Gasteiger partial charge in [-0.1, -0.05) is 31.7 Å². The zero-order valence-electron chi connectivity index (χ0n) is 58.3. The van der Waals surface area contributed by atoms with Crippen molar-refractivity contribution in [3.63, 3.8) is 0 Å². The first-order valence-corrected chi connectivity index (χ1v) is 33.1. The Hall–Kier alpha value is -8.71. The van der Waals surface area contributed by atoms with Crippen LogP contribution in [0.3, 0.4) is 0 Å². The zero-order chi connectivity index (χ0) is 70.6. The van der Waals surface area contributed by atoms with Gasteiger partial charge in [0.1, 0.15) is 30.2 Å². The maximum Gasteiger partial charge on any atom is 1.00 e. The summed E-state index contributed by atoms with van der Waals surface area (Å²) in [4.78, 5) is 79.8. The third-order valence-electron chi connectivity index (χ3n) is 21.4. The molecule has 0 unspecified atom stereocenters. The summed E-state index contributed by atoms with van der Waals surface area (Å²) in [5, 5.41) is 36.6. The smallest absolute Gasteiger partial charge is 0.587 e. The summed E-state index contributed by atoms with van der Waals surface area (Å²) >= 11 is 0. The number of hydrogen-bond donors (Lipinski definition) is 1. The molecular formula is C74H75KN10O16. The fourth-order valence-corrected chi connectivity index (χ4v) is 17.5. The number of ether oxygens (including phenoxy) is 10. The van der Waals surface area contributed by atoms with Crippen molar-refractivity contribution in [3.8, 4) is 69.6 Å². The molecule has 0 radical (unpaired) electrons. The number of aromatic nitrogens is 2. The Morgan fingerprint density at radius 2 is 1.18 bits per heavy atom. The Labute approximate surface area is 626 Å². The summed E-state index contributed by atoms with van der Waals surface area (Å²) in [7, 11) is 8.91. The number of benzene rings is 4. The van der Waals surface area contributed by atoms with Crippen molar-refractivity contribution < 1.29 is 128 Å². The second-order valence-corrected chi connectivity index (χ2v) is 26.4. The first-order valence-electron chi connectivity index (χ1n) is 33.1. The van der Waals surface area contributed by atoms with Gasteiger partial charge < -0.3 is 67.4 Å². The Morgan fingerprint density at radius 3 is 1.73 bits per heavy atom. The Bertz CT molecular complexity index is 4500. The summed E-state index contributed by atoms with van der Waals surface area (Å²) in [6.07, 6.45) is 10.4. The van der Waals surface area contributed by atoms with E-state index in [4.69, 9.17) is 47.4 Å². The summed E-state index contributed by atoms with van der Waals surface area (Å²) < 4.78 is 59.5. The molecule has 518 valence electrons. The van der Waals surface area contributed by atoms with Crippen molar-refractivity contribution >= 4 is 29.6 Å². The second kappa shape index (κ2) is 27.9. The van der Waals surface area contributed by atoms with Crippen molar-refractivity contribution in [3.05, 3.63) is 156 Å². The van der Waals surface area contributed by atoms with Gasteiger partial charge in [0.05, 0.1) is 67.4 Å². The number of rotatable bonds is 12. The molecule has 2 fully saturated rings. The van der Waals surface area contributed by atoms with E-state index in [1.807, 2.05) is 33.9 Å². The van der Waals surface area contributed by atoms with E-state index in [2.05, 4.69) is 73.6 Å². The van der Waals surface area contributed by atoms with Gasteiger partial charge in [0.15, 0.2) is 52.8 Å². The minimum Gasteiger partial charge on any atom is -0.587 e. The molecule has 27 heteroatoms. The second-order valence-electron chi connectivity index (χ2n) is 26.4. The van der Waals surface area contributed by atoms with Gasteiger partial charge in [0.25, 0.3) is 11.8 Å². The number of fused-ring (bicyclic) bond motifs is 20. The molecule has 4 aromatic carbocycles. The first kappa shape index (κ1) is 70.7. The Kier molecular flexibility index (Phi) is 19.5. The van der Waals surface area contributed by atoms with Crippen molar-refractivity contribution in [2.75, 3.05) is 69.0 Å². The van der Waals surface area contributed by atoms with Crippen LogP contribution in [0.15, 0.2) is 61.7 Å². The van der Waals surface area contributed by atoms with Crippen LogP contribution in [0.25, 0.3) is 5.32 Å². The van der Waals surface area contributed by atoms with Gasteiger partial charge >= 0.3 is 57.4 Å². The molecule has 4 amide bonds. The van der Waals surface area contributed by atoms with Gasteiger partial charge in [-0.3, -0.25) is 48.9 Å². The molecule has 1 N–H and O–H groups in total. The number of hydrogen-bond acceptors (Lipinski definition) is 24. The molecule has 2 aromatic heterocycles. The fraction of sp³-hybridized carbons (Fsp3) is 0.419. The first-order chi connectivity index (χ1) is 48.3. The van der Waals surface area contributed by atoms with E-state index in [1.54, 1.807) is 27.2 Å². The molecule has 2 saturated heterocycles. The number of aromatic hydroxyl groups is 1. The number of nitrogens with zero attached hydrogens (tertiary/aromatic N) is 10. The van der Waals surface area contributed by atoms with Crippen LogP contribution in [-0.4, -0.2) is 174 Å². The van der Waals surface area contributed by atoms with Crippen molar-refractivity contribution in [1.29, 1.82) is 10.5 Å². The number of amides is 4. The molecular weight excluding hydrogens is 1320 g/mol. The monoisotopic (exact) mass is 1400 g/mol. The molecule has 0 spiro atoms. The minimum absolute atomic E-state index is 0. The van der Waals surface area contributed by atoms with E-state index >= 15 is 0 Å². The number of carbonyl (C=O) groups is 5. The molecule has 101 heavy (non-hydrogen) atoms. The van der Waals surface area contributed by atoms with Gasteiger partial charge in [-0.2, -0.15) is 10.5 Å². The van der Waals surface area contributed by atoms with Crippen LogP contribution in [0, 0.1) is 50.4 Å². The minimum atomic E-state index is -0.765. The predicted molar refractivity (Wildman–Crippen MR) is 356 cm³/mol. The average Bonchev–Trinajstić information content (AvgIpc) is 1.39. The molecule has 0 saturated carbocycles. The molecule has 12 heterocycles. The quantitative estimate of drug-likeness (QED) is 0.0386. The molecule has 10 atom stereocenters. The maximum absolute atomic E-state index is 13.8. The Morgan fingerprint density at radius 1 is 0.663 bits per heavy atom. The molecule has 16 rings (SSSR count). The molecule has 4 bridgehead atoms. The number of nitriles is 2. The van der Waals surface area contributed by atoms with E-state index in [0.29, 0.717) is 82.2 Å².